The van der Waals surface area contributed by atoms with Crippen LogP contribution in [-0.4, -0.2) is 30.1 Å². The molecule has 8 heteroatoms. The van der Waals surface area contributed by atoms with Crippen molar-refractivity contribution in [1.82, 2.24) is 10.2 Å². The van der Waals surface area contributed by atoms with Gasteiger partial charge in [-0.2, -0.15) is 5.26 Å². The molecule has 0 atom stereocenters. The molecule has 0 saturated carbocycles. The number of nitriles is 1. The van der Waals surface area contributed by atoms with Crippen LogP contribution in [0.4, 0.5) is 0 Å². The Kier molecular flexibility index (Phi) is 4.75. The van der Waals surface area contributed by atoms with E-state index in [1.165, 1.54) is 47.4 Å². The van der Waals surface area contributed by atoms with Crippen molar-refractivity contribution in [3.63, 3.8) is 0 Å². The molecule has 0 radical (unpaired) electrons. The van der Waals surface area contributed by atoms with E-state index in [9.17, 15) is 8.42 Å². The van der Waals surface area contributed by atoms with E-state index in [1.807, 2.05) is 13.0 Å². The SMILES string of the molecule is Cc1nnc(SCCS(=O)(=O)c2ccc(C#N)cc2)s1. The van der Waals surface area contributed by atoms with Gasteiger partial charge in [0, 0.05) is 5.75 Å². The molecule has 0 bridgehead atoms. The lowest BCUT2D eigenvalue weighted by Crippen LogP contribution is -2.08. The fourth-order valence-electron chi connectivity index (χ4n) is 1.43. The fourth-order valence-corrected chi connectivity index (χ4v) is 4.96. The summed E-state index contributed by atoms with van der Waals surface area (Å²) in [5.74, 6) is 0.458. The Hall–Kier alpha value is -1.43. The molecule has 1 aromatic heterocycles. The highest BCUT2D eigenvalue weighted by atomic mass is 32.2. The van der Waals surface area contributed by atoms with Crippen molar-refractivity contribution in [2.75, 3.05) is 11.5 Å². The van der Waals surface area contributed by atoms with Gasteiger partial charge < -0.3 is 0 Å². The zero-order chi connectivity index (χ0) is 14.6. The Balaban J connectivity index is 1.98. The van der Waals surface area contributed by atoms with Gasteiger partial charge in [-0.05, 0) is 31.2 Å². The molecule has 0 fully saturated rings. The highest BCUT2D eigenvalue weighted by Gasteiger charge is 2.14. The third-order valence-corrected chi connectivity index (χ3v) is 6.39. The number of nitrogens with zero attached hydrogens (tertiary/aromatic N) is 3. The van der Waals surface area contributed by atoms with Crippen LogP contribution in [-0.2, 0) is 9.84 Å². The summed E-state index contributed by atoms with van der Waals surface area (Å²) >= 11 is 2.83. The Morgan fingerprint density at radius 3 is 2.55 bits per heavy atom. The molecule has 20 heavy (non-hydrogen) atoms. The van der Waals surface area contributed by atoms with E-state index >= 15 is 0 Å². The van der Waals surface area contributed by atoms with Gasteiger partial charge in [0.25, 0.3) is 0 Å². The second-order valence-electron chi connectivity index (χ2n) is 3.89. The molecule has 2 aromatic rings. The molecule has 5 nitrogen and oxygen atoms in total. The van der Waals surface area contributed by atoms with Crippen LogP contribution in [0, 0.1) is 18.3 Å². The van der Waals surface area contributed by atoms with Crippen LogP contribution in [0.5, 0.6) is 0 Å². The summed E-state index contributed by atoms with van der Waals surface area (Å²) in [7, 11) is -3.32. The number of thioether (sulfide) groups is 1. The van der Waals surface area contributed by atoms with Crippen molar-refractivity contribution in [2.24, 2.45) is 0 Å². The average Bonchev–Trinajstić information content (AvgIpc) is 2.84. The van der Waals surface area contributed by atoms with E-state index in [0.717, 1.165) is 9.35 Å². The Labute approximate surface area is 125 Å². The lowest BCUT2D eigenvalue weighted by molar-refractivity contribution is 0.597. The van der Waals surface area contributed by atoms with Crippen molar-refractivity contribution in [3.05, 3.63) is 34.8 Å². The maximum atomic E-state index is 12.1. The number of rotatable bonds is 5. The first-order chi connectivity index (χ1) is 9.51. The Morgan fingerprint density at radius 2 is 2.00 bits per heavy atom. The Morgan fingerprint density at radius 1 is 1.30 bits per heavy atom. The van der Waals surface area contributed by atoms with Gasteiger partial charge in [0.05, 0.1) is 22.3 Å². The first-order valence-electron chi connectivity index (χ1n) is 5.67. The van der Waals surface area contributed by atoms with E-state index in [1.54, 1.807) is 0 Å². The van der Waals surface area contributed by atoms with Gasteiger partial charge in [-0.3, -0.25) is 0 Å². The standard InChI is InChI=1S/C12H11N3O2S3/c1-9-14-15-12(19-9)18-6-7-20(16,17)11-4-2-10(8-13)3-5-11/h2-5H,6-7H2,1H3. The molecule has 1 heterocycles. The third-order valence-electron chi connectivity index (χ3n) is 2.43. The molecule has 0 unspecified atom stereocenters. The molecular formula is C12H11N3O2S3. The van der Waals surface area contributed by atoms with E-state index in [-0.39, 0.29) is 10.6 Å². The predicted octanol–water partition coefficient (Wildman–Crippen LogP) is 2.28. The maximum absolute atomic E-state index is 12.1. The first-order valence-corrected chi connectivity index (χ1v) is 9.12. The van der Waals surface area contributed by atoms with Gasteiger partial charge in [0.1, 0.15) is 5.01 Å². The zero-order valence-electron chi connectivity index (χ0n) is 10.6. The number of hydrogen-bond donors (Lipinski definition) is 0. The van der Waals surface area contributed by atoms with Gasteiger partial charge in [-0.1, -0.05) is 23.1 Å². The van der Waals surface area contributed by atoms with E-state index in [0.29, 0.717) is 11.3 Å². The second-order valence-corrected chi connectivity index (χ2v) is 8.52. The van der Waals surface area contributed by atoms with Gasteiger partial charge in [-0.15, -0.1) is 10.2 Å². The molecule has 0 saturated heterocycles. The second kappa shape index (κ2) is 6.35. The molecule has 0 aliphatic heterocycles. The van der Waals surface area contributed by atoms with Crippen LogP contribution in [0.25, 0.3) is 0 Å². The minimum Gasteiger partial charge on any atom is -0.224 e. The highest BCUT2D eigenvalue weighted by Crippen LogP contribution is 2.23. The first kappa shape index (κ1) is 15.0. The smallest absolute Gasteiger partial charge is 0.179 e. The van der Waals surface area contributed by atoms with Crippen LogP contribution in [0.15, 0.2) is 33.5 Å². The van der Waals surface area contributed by atoms with E-state index < -0.39 is 9.84 Å². The largest absolute Gasteiger partial charge is 0.224 e. The molecule has 0 spiro atoms. The number of sulfone groups is 1. The van der Waals surface area contributed by atoms with Gasteiger partial charge in [-0.25, -0.2) is 8.42 Å². The van der Waals surface area contributed by atoms with Crippen LogP contribution in [0.2, 0.25) is 0 Å². The molecular weight excluding hydrogens is 314 g/mol. The number of hydrogen-bond acceptors (Lipinski definition) is 7. The molecule has 0 aliphatic rings. The highest BCUT2D eigenvalue weighted by molar-refractivity contribution is 8.02. The summed E-state index contributed by atoms with van der Waals surface area (Å²) in [6, 6.07) is 7.91. The normalized spacial score (nSPS) is 11.2. The van der Waals surface area contributed by atoms with Gasteiger partial charge in [0.15, 0.2) is 14.2 Å². The lowest BCUT2D eigenvalue weighted by Gasteiger charge is -2.03. The van der Waals surface area contributed by atoms with Crippen molar-refractivity contribution in [3.8, 4) is 6.07 Å². The van der Waals surface area contributed by atoms with Crippen LogP contribution >= 0.6 is 23.1 Å². The van der Waals surface area contributed by atoms with Gasteiger partial charge >= 0.3 is 0 Å². The van der Waals surface area contributed by atoms with E-state index in [4.69, 9.17) is 5.26 Å². The average molecular weight is 325 g/mol. The number of aryl methyl sites for hydroxylation is 1. The van der Waals surface area contributed by atoms with Crippen molar-refractivity contribution in [2.45, 2.75) is 16.2 Å². The predicted molar refractivity (Wildman–Crippen MR) is 78.6 cm³/mol. The zero-order valence-corrected chi connectivity index (χ0v) is 13.1. The summed E-state index contributed by atoms with van der Waals surface area (Å²) in [5, 5.41) is 17.4. The summed E-state index contributed by atoms with van der Waals surface area (Å²) < 4.78 is 25.0. The quantitative estimate of drug-likeness (QED) is 0.784. The number of aromatic nitrogens is 2. The molecule has 0 amide bonds. The number of benzene rings is 1. The summed E-state index contributed by atoms with van der Waals surface area (Å²) in [4.78, 5) is 0.241. The third kappa shape index (κ3) is 3.79. The van der Waals surface area contributed by atoms with Crippen LogP contribution < -0.4 is 0 Å². The summed E-state index contributed by atoms with van der Waals surface area (Å²) in [6.07, 6.45) is 0. The maximum Gasteiger partial charge on any atom is 0.179 e. The van der Waals surface area contributed by atoms with Crippen molar-refractivity contribution in [1.29, 1.82) is 5.26 Å². The molecule has 0 aliphatic carbocycles. The van der Waals surface area contributed by atoms with Crippen LogP contribution in [0.1, 0.15) is 10.6 Å². The molecule has 2 rings (SSSR count). The minimum atomic E-state index is -3.32. The van der Waals surface area contributed by atoms with E-state index in [2.05, 4.69) is 10.2 Å². The monoisotopic (exact) mass is 325 g/mol. The Bertz CT molecular complexity index is 730. The molecule has 0 N–H and O–H groups in total. The summed E-state index contributed by atoms with van der Waals surface area (Å²) in [6.45, 7) is 1.86. The topological polar surface area (TPSA) is 83.7 Å². The molecule has 1 aromatic carbocycles. The summed E-state index contributed by atoms with van der Waals surface area (Å²) in [5.41, 5.74) is 0.447. The fraction of sp³-hybridized carbons (Fsp3) is 0.250. The van der Waals surface area contributed by atoms with Gasteiger partial charge in [0.2, 0.25) is 0 Å². The lowest BCUT2D eigenvalue weighted by atomic mass is 10.2. The van der Waals surface area contributed by atoms with Crippen LogP contribution in [0.3, 0.4) is 0 Å². The van der Waals surface area contributed by atoms with Crippen molar-refractivity contribution >= 4 is 32.9 Å². The van der Waals surface area contributed by atoms with Crippen molar-refractivity contribution < 1.29 is 8.42 Å². The molecule has 104 valence electrons. The minimum absolute atomic E-state index is 0.0300.